The van der Waals surface area contributed by atoms with Crippen LogP contribution < -0.4 is 10.2 Å². The summed E-state index contributed by atoms with van der Waals surface area (Å²) in [7, 11) is 0. The maximum atomic E-state index is 12.4. The van der Waals surface area contributed by atoms with Crippen LogP contribution in [0, 0.1) is 12.8 Å². The molecule has 2 aromatic rings. The predicted molar refractivity (Wildman–Crippen MR) is 101 cm³/mol. The molecule has 1 atom stereocenters. The van der Waals surface area contributed by atoms with Crippen LogP contribution in [0.25, 0.3) is 11.5 Å². The fourth-order valence-corrected chi connectivity index (χ4v) is 3.65. The van der Waals surface area contributed by atoms with Gasteiger partial charge in [0, 0.05) is 37.7 Å². The Kier molecular flexibility index (Phi) is 5.38. The number of aromatic nitrogens is 2. The molecule has 7 heteroatoms. The standard InChI is InChI=1S/C20H26N4O3/c1-14-4-6-16(7-5-14)19-22-23-20(27-19)24-10-8-15(9-11-24)18(25)21-13-17-3-2-12-26-17/h4-7,15,17H,2-3,8-13H2,1H3,(H,21,25)/t17-/m0/s1. The second kappa shape index (κ2) is 8.08. The van der Waals surface area contributed by atoms with Crippen molar-refractivity contribution >= 4 is 11.9 Å². The van der Waals surface area contributed by atoms with Gasteiger partial charge in [0.2, 0.25) is 11.8 Å². The molecular formula is C20H26N4O3. The molecule has 0 saturated carbocycles. The second-order valence-corrected chi connectivity index (χ2v) is 7.40. The first-order valence-corrected chi connectivity index (χ1v) is 9.74. The average Bonchev–Trinajstić information content (AvgIpc) is 3.39. The summed E-state index contributed by atoms with van der Waals surface area (Å²) in [4.78, 5) is 14.4. The third-order valence-corrected chi connectivity index (χ3v) is 5.38. The van der Waals surface area contributed by atoms with E-state index in [1.807, 2.05) is 31.2 Å². The van der Waals surface area contributed by atoms with Gasteiger partial charge in [0.25, 0.3) is 0 Å². The molecule has 0 spiro atoms. The normalized spacial score (nSPS) is 20.8. The number of hydrogen-bond acceptors (Lipinski definition) is 6. The van der Waals surface area contributed by atoms with Crippen LogP contribution in [0.5, 0.6) is 0 Å². The molecule has 1 amide bonds. The molecule has 27 heavy (non-hydrogen) atoms. The minimum atomic E-state index is 0.0437. The van der Waals surface area contributed by atoms with E-state index in [4.69, 9.17) is 9.15 Å². The van der Waals surface area contributed by atoms with Crippen LogP contribution in [-0.2, 0) is 9.53 Å². The number of carbonyl (C=O) groups excluding carboxylic acids is 1. The Bertz CT molecular complexity index is 760. The van der Waals surface area contributed by atoms with Crippen LogP contribution in [-0.4, -0.2) is 48.4 Å². The number of anilines is 1. The van der Waals surface area contributed by atoms with Crippen molar-refractivity contribution < 1.29 is 13.9 Å². The minimum absolute atomic E-state index is 0.0437. The molecule has 1 aromatic carbocycles. The number of rotatable bonds is 5. The second-order valence-electron chi connectivity index (χ2n) is 7.40. The Hall–Kier alpha value is -2.41. The van der Waals surface area contributed by atoms with Gasteiger partial charge < -0.3 is 19.4 Å². The van der Waals surface area contributed by atoms with Crippen molar-refractivity contribution in [3.63, 3.8) is 0 Å². The Balaban J connectivity index is 1.29. The molecule has 2 fully saturated rings. The van der Waals surface area contributed by atoms with Gasteiger partial charge in [-0.3, -0.25) is 4.79 Å². The highest BCUT2D eigenvalue weighted by Crippen LogP contribution is 2.26. The van der Waals surface area contributed by atoms with Gasteiger partial charge in [-0.25, -0.2) is 0 Å². The molecule has 0 bridgehead atoms. The number of benzene rings is 1. The van der Waals surface area contributed by atoms with Gasteiger partial charge in [-0.05, 0) is 44.7 Å². The summed E-state index contributed by atoms with van der Waals surface area (Å²) >= 11 is 0. The first-order valence-electron chi connectivity index (χ1n) is 9.74. The summed E-state index contributed by atoms with van der Waals surface area (Å²) in [5, 5.41) is 11.4. The maximum absolute atomic E-state index is 12.4. The Morgan fingerprint density at radius 1 is 1.19 bits per heavy atom. The van der Waals surface area contributed by atoms with Crippen molar-refractivity contribution in [3.8, 4) is 11.5 Å². The highest BCUT2D eigenvalue weighted by Gasteiger charge is 2.28. The number of carbonyl (C=O) groups is 1. The molecule has 144 valence electrons. The maximum Gasteiger partial charge on any atom is 0.318 e. The van der Waals surface area contributed by atoms with Crippen LogP contribution >= 0.6 is 0 Å². The fraction of sp³-hybridized carbons (Fsp3) is 0.550. The number of hydrogen-bond donors (Lipinski definition) is 1. The summed E-state index contributed by atoms with van der Waals surface area (Å²) in [5.74, 6) is 0.708. The largest absolute Gasteiger partial charge is 0.403 e. The molecule has 0 unspecified atom stereocenters. The number of nitrogens with one attached hydrogen (secondary N) is 1. The first-order chi connectivity index (χ1) is 13.2. The zero-order chi connectivity index (χ0) is 18.6. The third kappa shape index (κ3) is 4.30. The average molecular weight is 370 g/mol. The lowest BCUT2D eigenvalue weighted by Crippen LogP contribution is -2.42. The van der Waals surface area contributed by atoms with E-state index in [9.17, 15) is 4.79 Å². The fourth-order valence-electron chi connectivity index (χ4n) is 3.65. The molecule has 2 saturated heterocycles. The molecule has 4 rings (SSSR count). The lowest BCUT2D eigenvalue weighted by Gasteiger charge is -2.30. The third-order valence-electron chi connectivity index (χ3n) is 5.38. The van der Waals surface area contributed by atoms with E-state index in [-0.39, 0.29) is 17.9 Å². The number of ether oxygens (including phenoxy) is 1. The van der Waals surface area contributed by atoms with Crippen molar-refractivity contribution in [1.29, 1.82) is 0 Å². The summed E-state index contributed by atoms with van der Waals surface area (Å²) in [6.07, 6.45) is 3.90. The summed E-state index contributed by atoms with van der Waals surface area (Å²) in [6.45, 7) is 4.97. The van der Waals surface area contributed by atoms with Crippen LogP contribution in [0.2, 0.25) is 0 Å². The first kappa shape index (κ1) is 18.0. The van der Waals surface area contributed by atoms with Crippen molar-refractivity contribution in [2.75, 3.05) is 31.1 Å². The minimum Gasteiger partial charge on any atom is -0.403 e. The molecule has 3 heterocycles. The van der Waals surface area contributed by atoms with E-state index in [1.165, 1.54) is 5.56 Å². The molecule has 0 aliphatic carbocycles. The zero-order valence-electron chi connectivity index (χ0n) is 15.7. The summed E-state index contributed by atoms with van der Waals surface area (Å²) < 4.78 is 11.4. The van der Waals surface area contributed by atoms with Gasteiger partial charge in [0.05, 0.1) is 6.10 Å². The van der Waals surface area contributed by atoms with Crippen molar-refractivity contribution in [1.82, 2.24) is 15.5 Å². The van der Waals surface area contributed by atoms with E-state index in [1.54, 1.807) is 0 Å². The van der Waals surface area contributed by atoms with Gasteiger partial charge >= 0.3 is 6.01 Å². The zero-order valence-corrected chi connectivity index (χ0v) is 15.7. The highest BCUT2D eigenvalue weighted by atomic mass is 16.5. The van der Waals surface area contributed by atoms with Gasteiger partial charge in [-0.2, -0.15) is 0 Å². The molecule has 7 nitrogen and oxygen atoms in total. The van der Waals surface area contributed by atoms with E-state index in [0.717, 1.165) is 50.9 Å². The van der Waals surface area contributed by atoms with E-state index >= 15 is 0 Å². The summed E-state index contributed by atoms with van der Waals surface area (Å²) in [5.41, 5.74) is 2.11. The lowest BCUT2D eigenvalue weighted by atomic mass is 9.96. The quantitative estimate of drug-likeness (QED) is 0.871. The molecule has 2 aliphatic heterocycles. The monoisotopic (exact) mass is 370 g/mol. The van der Waals surface area contributed by atoms with Gasteiger partial charge in [0.1, 0.15) is 0 Å². The SMILES string of the molecule is Cc1ccc(-c2nnc(N3CCC(C(=O)NC[C@@H]4CCCO4)CC3)o2)cc1. The van der Waals surface area contributed by atoms with E-state index < -0.39 is 0 Å². The van der Waals surface area contributed by atoms with E-state index in [2.05, 4.69) is 20.4 Å². The van der Waals surface area contributed by atoms with Crippen LogP contribution in [0.1, 0.15) is 31.2 Å². The Morgan fingerprint density at radius 3 is 2.67 bits per heavy atom. The number of nitrogens with zero attached hydrogens (tertiary/aromatic N) is 3. The van der Waals surface area contributed by atoms with Crippen molar-refractivity contribution in [2.24, 2.45) is 5.92 Å². The molecule has 2 aliphatic rings. The molecule has 0 radical (unpaired) electrons. The number of amides is 1. The van der Waals surface area contributed by atoms with E-state index in [0.29, 0.717) is 18.5 Å². The molecule has 1 aromatic heterocycles. The Labute approximate surface area is 159 Å². The molecule has 1 N–H and O–H groups in total. The Morgan fingerprint density at radius 2 is 1.96 bits per heavy atom. The number of aryl methyl sites for hydroxylation is 1. The predicted octanol–water partition coefficient (Wildman–Crippen LogP) is 2.56. The van der Waals surface area contributed by atoms with Gasteiger partial charge in [-0.1, -0.05) is 22.8 Å². The van der Waals surface area contributed by atoms with Crippen LogP contribution in [0.15, 0.2) is 28.7 Å². The van der Waals surface area contributed by atoms with Gasteiger partial charge in [-0.15, -0.1) is 5.10 Å². The topological polar surface area (TPSA) is 80.5 Å². The smallest absolute Gasteiger partial charge is 0.318 e. The van der Waals surface area contributed by atoms with Crippen molar-refractivity contribution in [2.45, 2.75) is 38.7 Å². The van der Waals surface area contributed by atoms with Crippen LogP contribution in [0.4, 0.5) is 6.01 Å². The molecular weight excluding hydrogens is 344 g/mol. The summed E-state index contributed by atoms with van der Waals surface area (Å²) in [6, 6.07) is 8.55. The highest BCUT2D eigenvalue weighted by molar-refractivity contribution is 5.79. The van der Waals surface area contributed by atoms with Gasteiger partial charge in [0.15, 0.2) is 0 Å². The number of piperidine rings is 1. The van der Waals surface area contributed by atoms with Crippen LogP contribution in [0.3, 0.4) is 0 Å². The van der Waals surface area contributed by atoms with Crippen molar-refractivity contribution in [3.05, 3.63) is 29.8 Å². The lowest BCUT2D eigenvalue weighted by molar-refractivity contribution is -0.126.